The Balaban J connectivity index is -0.000000372. The normalized spacial score (nSPS) is 12.9. The Morgan fingerprint density at radius 3 is 1.12 bits per heavy atom. The van der Waals surface area contributed by atoms with Crippen molar-refractivity contribution in [1.29, 1.82) is 0 Å². The third-order valence-corrected chi connectivity index (χ3v) is 4.97. The molecular weight excluding hydrogens is 410 g/mol. The zero-order chi connectivity index (χ0) is 19.7. The van der Waals surface area contributed by atoms with Gasteiger partial charge >= 0.3 is 17.4 Å². The minimum atomic E-state index is -4.76. The Morgan fingerprint density at radius 2 is 0.960 bits per heavy atom. The molecule has 0 aromatic heterocycles. The van der Waals surface area contributed by atoms with Gasteiger partial charge < -0.3 is 37.8 Å². The molecule has 0 aromatic rings. The van der Waals surface area contributed by atoms with Crippen molar-refractivity contribution in [1.82, 2.24) is 0 Å². The monoisotopic (exact) mass is 440 g/mol. The molecule has 150 valence electrons. The summed E-state index contributed by atoms with van der Waals surface area (Å²) in [4.78, 5) is 40.2. The van der Waals surface area contributed by atoms with Crippen LogP contribution in [0.2, 0.25) is 0 Å². The van der Waals surface area contributed by atoms with Crippen LogP contribution in [0.1, 0.15) is 67.2 Å². The quantitative estimate of drug-likeness (QED) is 0.463. The second kappa shape index (κ2) is 13.0. The van der Waals surface area contributed by atoms with Crippen molar-refractivity contribution >= 4 is 15.6 Å². The molecule has 0 aliphatic rings. The van der Waals surface area contributed by atoms with Crippen LogP contribution in [0.4, 0.5) is 0 Å². The van der Waals surface area contributed by atoms with E-state index in [1.807, 2.05) is 41.5 Å². The van der Waals surface area contributed by atoms with E-state index in [9.17, 15) is 28.7 Å². The van der Waals surface area contributed by atoms with Crippen LogP contribution in [0, 0.1) is 10.8 Å². The average molecular weight is 440 g/mol. The Bertz CT molecular complexity index is 391. The molecule has 0 aromatic carbocycles. The van der Waals surface area contributed by atoms with Crippen molar-refractivity contribution in [2.45, 2.75) is 67.2 Å². The van der Waals surface area contributed by atoms with E-state index in [0.29, 0.717) is 12.8 Å². The zero-order valence-corrected chi connectivity index (χ0v) is 18.9. The summed E-state index contributed by atoms with van der Waals surface area (Å²) < 4.78 is 28.3. The smallest absolute Gasteiger partial charge is 0.790 e. The molecule has 0 heterocycles. The molecular formula is C14H30CrO8P2. The molecule has 0 rings (SSSR count). The molecule has 0 saturated heterocycles. The van der Waals surface area contributed by atoms with E-state index in [0.717, 1.165) is 12.8 Å². The first-order valence-corrected chi connectivity index (χ1v) is 10.8. The molecule has 0 unspecified atom stereocenters. The van der Waals surface area contributed by atoms with Crippen molar-refractivity contribution in [2.75, 3.05) is 13.2 Å². The maximum Gasteiger partial charge on any atom is 4.00 e. The van der Waals surface area contributed by atoms with Crippen molar-refractivity contribution in [2.24, 2.45) is 10.8 Å². The maximum absolute atomic E-state index is 10.1. The summed E-state index contributed by atoms with van der Waals surface area (Å²) in [5, 5.41) is 0. The van der Waals surface area contributed by atoms with Gasteiger partial charge in [0.1, 0.15) is 0 Å². The minimum absolute atomic E-state index is 0. The summed E-state index contributed by atoms with van der Waals surface area (Å²) in [5.74, 6) is 0. The fraction of sp³-hybridized carbons (Fsp3) is 1.00. The summed E-state index contributed by atoms with van der Waals surface area (Å²) in [5.41, 5.74) is 0.0738. The summed E-state index contributed by atoms with van der Waals surface area (Å²) in [6, 6.07) is 0. The number of phosphoric ester groups is 2. The molecule has 0 N–H and O–H groups in total. The molecule has 0 atom stereocenters. The number of phosphoric acid groups is 2. The molecule has 0 bridgehead atoms. The maximum atomic E-state index is 10.1. The van der Waals surface area contributed by atoms with Crippen molar-refractivity contribution < 1.29 is 55.1 Å². The number of hydrogen-bond donors (Lipinski definition) is 0. The topological polar surface area (TPSA) is 145 Å². The largest absolute Gasteiger partial charge is 4.00 e. The van der Waals surface area contributed by atoms with E-state index in [-0.39, 0.29) is 41.4 Å². The molecule has 8 nitrogen and oxygen atoms in total. The molecule has 11 heteroatoms. The van der Waals surface area contributed by atoms with Gasteiger partial charge in [-0.3, -0.25) is 0 Å². The van der Waals surface area contributed by atoms with Crippen LogP contribution in [0.15, 0.2) is 0 Å². The Labute approximate surface area is 162 Å². The second-order valence-electron chi connectivity index (χ2n) is 7.10. The fourth-order valence-electron chi connectivity index (χ4n) is 1.22. The Hall–Kier alpha value is 0.752. The van der Waals surface area contributed by atoms with Crippen molar-refractivity contribution in [3.8, 4) is 0 Å². The van der Waals surface area contributed by atoms with E-state index < -0.39 is 15.6 Å². The summed E-state index contributed by atoms with van der Waals surface area (Å²) in [7, 11) is -9.52. The Kier molecular flexibility index (Phi) is 15.9. The SMILES string of the molecule is CCC(C)(C)CCOP(=O)([O-])[O-].CCC(C)(C)CCOP(=O)([O-])[O-].[Cr+4]. The van der Waals surface area contributed by atoms with Gasteiger partial charge in [0.15, 0.2) is 0 Å². The number of hydrogen-bond acceptors (Lipinski definition) is 8. The predicted octanol–water partition coefficient (Wildman–Crippen LogP) is 1.31. The predicted molar refractivity (Wildman–Crippen MR) is 84.5 cm³/mol. The standard InChI is InChI=1S/2C7H17O4P.Cr/c2*1-4-7(2,3)5-6-11-12(8,9)10;/h2*4-6H2,1-3H3,(H2,8,9,10);/q;;+4/p-4. The van der Waals surface area contributed by atoms with Crippen LogP contribution in [-0.2, 0) is 35.5 Å². The molecule has 0 aliphatic carbocycles. The van der Waals surface area contributed by atoms with E-state index in [2.05, 4.69) is 9.05 Å². The first-order chi connectivity index (χ1) is 10.5. The van der Waals surface area contributed by atoms with Crippen LogP contribution in [0.25, 0.3) is 0 Å². The van der Waals surface area contributed by atoms with E-state index in [1.54, 1.807) is 0 Å². The van der Waals surface area contributed by atoms with E-state index in [4.69, 9.17) is 0 Å². The van der Waals surface area contributed by atoms with Gasteiger partial charge in [-0.2, -0.15) is 0 Å². The molecule has 0 amide bonds. The van der Waals surface area contributed by atoms with Gasteiger partial charge in [0.05, 0.1) is 28.9 Å². The summed E-state index contributed by atoms with van der Waals surface area (Å²) >= 11 is 0. The molecule has 0 radical (unpaired) electrons. The molecule has 0 fully saturated rings. The van der Waals surface area contributed by atoms with Crippen LogP contribution in [0.5, 0.6) is 0 Å². The van der Waals surface area contributed by atoms with Gasteiger partial charge in [-0.05, 0) is 23.7 Å². The molecule has 0 spiro atoms. The summed E-state index contributed by atoms with van der Waals surface area (Å²) in [6.45, 7) is 12.0. The Morgan fingerprint density at radius 1 is 0.720 bits per heavy atom. The van der Waals surface area contributed by atoms with Gasteiger partial charge in [0.2, 0.25) is 0 Å². The van der Waals surface area contributed by atoms with Crippen LogP contribution >= 0.6 is 15.6 Å². The summed E-state index contributed by atoms with van der Waals surface area (Å²) in [6.07, 6.45) is 3.02. The van der Waals surface area contributed by atoms with Gasteiger partial charge in [-0.1, -0.05) is 54.4 Å². The fourth-order valence-corrected chi connectivity index (χ4v) is 1.85. The second-order valence-corrected chi connectivity index (χ2v) is 9.40. The minimum Gasteiger partial charge on any atom is -0.790 e. The molecule has 0 saturated carbocycles. The first-order valence-electron chi connectivity index (χ1n) is 7.87. The van der Waals surface area contributed by atoms with E-state index in [1.165, 1.54) is 0 Å². The van der Waals surface area contributed by atoms with E-state index >= 15 is 0 Å². The van der Waals surface area contributed by atoms with Crippen LogP contribution in [0.3, 0.4) is 0 Å². The first kappa shape index (κ1) is 30.5. The van der Waals surface area contributed by atoms with Gasteiger partial charge in [0.25, 0.3) is 0 Å². The van der Waals surface area contributed by atoms with Gasteiger partial charge in [0, 0.05) is 0 Å². The zero-order valence-electron chi connectivity index (χ0n) is 15.8. The third kappa shape index (κ3) is 24.8. The molecule has 25 heavy (non-hydrogen) atoms. The van der Waals surface area contributed by atoms with Gasteiger partial charge in [-0.15, -0.1) is 0 Å². The van der Waals surface area contributed by atoms with Crippen LogP contribution in [-0.4, -0.2) is 13.2 Å². The van der Waals surface area contributed by atoms with Crippen molar-refractivity contribution in [3.05, 3.63) is 0 Å². The van der Waals surface area contributed by atoms with Gasteiger partial charge in [-0.25, -0.2) is 0 Å². The molecule has 0 aliphatic heterocycles. The van der Waals surface area contributed by atoms with Crippen LogP contribution < -0.4 is 19.6 Å². The van der Waals surface area contributed by atoms with Crippen molar-refractivity contribution in [3.63, 3.8) is 0 Å². The third-order valence-electron chi connectivity index (χ3n) is 3.97. The number of rotatable bonds is 10. The average Bonchev–Trinajstić information content (AvgIpc) is 2.36.